The highest BCUT2D eigenvalue weighted by atomic mass is 16.3. The monoisotopic (exact) mass is 363 g/mol. The van der Waals surface area contributed by atoms with Crippen molar-refractivity contribution in [2.75, 3.05) is 5.32 Å². The molecule has 0 aliphatic rings. The maximum Gasteiger partial charge on any atom is 0.271 e. The van der Waals surface area contributed by atoms with Gasteiger partial charge in [-0.25, -0.2) is 0 Å². The zero-order valence-corrected chi connectivity index (χ0v) is 14.3. The van der Waals surface area contributed by atoms with E-state index in [2.05, 4.69) is 25.8 Å². The number of aromatic amines is 2. The molecule has 0 fully saturated rings. The first-order valence-corrected chi connectivity index (χ1v) is 8.39. The third-order valence-electron chi connectivity index (χ3n) is 4.17. The number of amides is 2. The van der Waals surface area contributed by atoms with Gasteiger partial charge in [-0.2, -0.15) is 5.10 Å². The Morgan fingerprint density at radius 3 is 2.89 bits per heavy atom. The Hall–Kier alpha value is -3.81. The number of carbonyl (C=O) groups excluding carboxylic acids is 2. The summed E-state index contributed by atoms with van der Waals surface area (Å²) in [5.41, 5.74) is 2.38. The molecule has 8 nitrogen and oxygen atoms in total. The van der Waals surface area contributed by atoms with Crippen molar-refractivity contribution < 1.29 is 14.0 Å². The zero-order valence-electron chi connectivity index (χ0n) is 14.3. The molecule has 4 aromatic rings. The summed E-state index contributed by atoms with van der Waals surface area (Å²) in [7, 11) is 0. The molecule has 0 aliphatic carbocycles. The van der Waals surface area contributed by atoms with E-state index < -0.39 is 0 Å². The van der Waals surface area contributed by atoms with Crippen molar-refractivity contribution in [3.05, 3.63) is 72.1 Å². The molecular formula is C19H17N5O3. The van der Waals surface area contributed by atoms with Gasteiger partial charge in [-0.3, -0.25) is 14.7 Å². The number of benzene rings is 1. The molecule has 0 saturated heterocycles. The number of nitrogens with one attached hydrogen (secondary N) is 4. The van der Waals surface area contributed by atoms with Crippen molar-refractivity contribution in [2.45, 2.75) is 13.0 Å². The lowest BCUT2D eigenvalue weighted by molar-refractivity contribution is -0.115. The third-order valence-corrected chi connectivity index (χ3v) is 4.17. The Bertz CT molecular complexity index is 1080. The quantitative estimate of drug-likeness (QED) is 0.421. The normalized spacial score (nSPS) is 10.8. The van der Waals surface area contributed by atoms with Crippen molar-refractivity contribution in [2.24, 2.45) is 0 Å². The Balaban J connectivity index is 1.41. The van der Waals surface area contributed by atoms with Crippen molar-refractivity contribution in [1.29, 1.82) is 0 Å². The van der Waals surface area contributed by atoms with Crippen LogP contribution in [-0.4, -0.2) is 27.0 Å². The average molecular weight is 363 g/mol. The number of anilines is 1. The van der Waals surface area contributed by atoms with Crippen LogP contribution < -0.4 is 10.6 Å². The molecule has 4 rings (SSSR count). The van der Waals surface area contributed by atoms with Gasteiger partial charge in [-0.1, -0.05) is 18.2 Å². The SMILES string of the molecule is O=C(Cc1c[nH]c2ccccc12)Nc1cn[nH]c1C(=O)NCc1ccco1. The van der Waals surface area contributed by atoms with Crippen LogP contribution in [0.4, 0.5) is 5.69 Å². The Labute approximate surface area is 154 Å². The topological polar surface area (TPSA) is 116 Å². The minimum Gasteiger partial charge on any atom is -0.467 e. The number of para-hydroxylation sites is 1. The highest BCUT2D eigenvalue weighted by molar-refractivity contribution is 6.03. The first-order chi connectivity index (χ1) is 13.2. The molecule has 27 heavy (non-hydrogen) atoms. The maximum atomic E-state index is 12.4. The van der Waals surface area contributed by atoms with Crippen molar-refractivity contribution in [3.8, 4) is 0 Å². The summed E-state index contributed by atoms with van der Waals surface area (Å²) < 4.78 is 5.18. The fourth-order valence-electron chi connectivity index (χ4n) is 2.87. The maximum absolute atomic E-state index is 12.4. The van der Waals surface area contributed by atoms with Crippen LogP contribution >= 0.6 is 0 Å². The Morgan fingerprint density at radius 2 is 2.04 bits per heavy atom. The molecule has 2 amide bonds. The fourth-order valence-corrected chi connectivity index (χ4v) is 2.87. The molecule has 136 valence electrons. The number of fused-ring (bicyclic) bond motifs is 1. The molecule has 8 heteroatoms. The van der Waals surface area contributed by atoms with Gasteiger partial charge in [-0.05, 0) is 23.8 Å². The number of nitrogens with zero attached hydrogens (tertiary/aromatic N) is 1. The van der Waals surface area contributed by atoms with Gasteiger partial charge in [0, 0.05) is 17.1 Å². The number of rotatable bonds is 6. The predicted molar refractivity (Wildman–Crippen MR) is 99.1 cm³/mol. The van der Waals surface area contributed by atoms with E-state index in [4.69, 9.17) is 4.42 Å². The van der Waals surface area contributed by atoms with Crippen LogP contribution in [-0.2, 0) is 17.8 Å². The molecule has 0 spiro atoms. The van der Waals surface area contributed by atoms with E-state index in [0.717, 1.165) is 16.5 Å². The summed E-state index contributed by atoms with van der Waals surface area (Å²) >= 11 is 0. The van der Waals surface area contributed by atoms with Crippen LogP contribution in [0.2, 0.25) is 0 Å². The van der Waals surface area contributed by atoms with E-state index in [9.17, 15) is 9.59 Å². The predicted octanol–water partition coefficient (Wildman–Crippen LogP) is 2.60. The highest BCUT2D eigenvalue weighted by Crippen LogP contribution is 2.19. The third kappa shape index (κ3) is 3.59. The lowest BCUT2D eigenvalue weighted by Crippen LogP contribution is -2.25. The van der Waals surface area contributed by atoms with Crippen molar-refractivity contribution in [3.63, 3.8) is 0 Å². The lowest BCUT2D eigenvalue weighted by Gasteiger charge is -2.06. The van der Waals surface area contributed by atoms with Crippen LogP contribution in [0.15, 0.2) is 59.5 Å². The molecule has 3 aromatic heterocycles. The number of furan rings is 1. The van der Waals surface area contributed by atoms with Gasteiger partial charge in [-0.15, -0.1) is 0 Å². The summed E-state index contributed by atoms with van der Waals surface area (Å²) in [6, 6.07) is 11.3. The zero-order chi connectivity index (χ0) is 18.6. The van der Waals surface area contributed by atoms with Gasteiger partial charge in [0.15, 0.2) is 0 Å². The minimum atomic E-state index is -0.383. The summed E-state index contributed by atoms with van der Waals surface area (Å²) in [4.78, 5) is 27.9. The van der Waals surface area contributed by atoms with Crippen LogP contribution in [0, 0.1) is 0 Å². The van der Waals surface area contributed by atoms with Gasteiger partial charge < -0.3 is 20.0 Å². The molecule has 0 bridgehead atoms. The largest absolute Gasteiger partial charge is 0.467 e. The van der Waals surface area contributed by atoms with E-state index in [1.54, 1.807) is 12.1 Å². The van der Waals surface area contributed by atoms with E-state index >= 15 is 0 Å². The number of carbonyl (C=O) groups is 2. The molecule has 3 heterocycles. The van der Waals surface area contributed by atoms with Gasteiger partial charge in [0.2, 0.25) is 5.91 Å². The summed E-state index contributed by atoms with van der Waals surface area (Å²) in [5.74, 6) is 0.0142. The van der Waals surface area contributed by atoms with E-state index in [-0.39, 0.29) is 30.5 Å². The Kier molecular flexibility index (Phi) is 4.44. The van der Waals surface area contributed by atoms with Crippen LogP contribution in [0.3, 0.4) is 0 Å². The molecule has 0 unspecified atom stereocenters. The molecule has 0 atom stereocenters. The molecule has 0 radical (unpaired) electrons. The number of hydrogen-bond donors (Lipinski definition) is 4. The summed E-state index contributed by atoms with van der Waals surface area (Å²) in [6.07, 6.45) is 4.95. The van der Waals surface area contributed by atoms with Crippen molar-refractivity contribution in [1.82, 2.24) is 20.5 Å². The van der Waals surface area contributed by atoms with E-state index in [1.165, 1.54) is 12.5 Å². The Morgan fingerprint density at radius 1 is 1.15 bits per heavy atom. The molecule has 0 aliphatic heterocycles. The van der Waals surface area contributed by atoms with Crippen LogP contribution in [0.5, 0.6) is 0 Å². The minimum absolute atomic E-state index is 0.183. The first-order valence-electron chi connectivity index (χ1n) is 8.39. The van der Waals surface area contributed by atoms with Crippen LogP contribution in [0.25, 0.3) is 10.9 Å². The van der Waals surface area contributed by atoms with Crippen molar-refractivity contribution >= 4 is 28.4 Å². The standard InChI is InChI=1S/C19H17N5O3/c25-17(8-12-9-20-15-6-2-1-5-14(12)15)23-16-11-22-24-18(16)19(26)21-10-13-4-3-7-27-13/h1-7,9,11,20H,8,10H2,(H,21,26)(H,22,24)(H,23,25). The fraction of sp³-hybridized carbons (Fsp3) is 0.105. The molecule has 4 N–H and O–H groups in total. The molecular weight excluding hydrogens is 346 g/mol. The number of aromatic nitrogens is 3. The average Bonchev–Trinajstić information content (AvgIpc) is 3.41. The smallest absolute Gasteiger partial charge is 0.271 e. The lowest BCUT2D eigenvalue weighted by atomic mass is 10.1. The molecule has 1 aromatic carbocycles. The molecule has 0 saturated carbocycles. The second-order valence-corrected chi connectivity index (χ2v) is 6.01. The second kappa shape index (κ2) is 7.20. The van der Waals surface area contributed by atoms with Gasteiger partial charge in [0.1, 0.15) is 11.5 Å². The van der Waals surface area contributed by atoms with E-state index in [1.807, 2.05) is 30.5 Å². The van der Waals surface area contributed by atoms with Gasteiger partial charge >= 0.3 is 0 Å². The van der Waals surface area contributed by atoms with Crippen LogP contribution in [0.1, 0.15) is 21.8 Å². The number of H-pyrrole nitrogens is 2. The summed E-state index contributed by atoms with van der Waals surface area (Å²) in [5, 5.41) is 12.9. The first kappa shape index (κ1) is 16.6. The highest BCUT2D eigenvalue weighted by Gasteiger charge is 2.17. The summed E-state index contributed by atoms with van der Waals surface area (Å²) in [6.45, 7) is 0.244. The number of hydrogen-bond acceptors (Lipinski definition) is 4. The van der Waals surface area contributed by atoms with E-state index in [0.29, 0.717) is 11.4 Å². The van der Waals surface area contributed by atoms with Gasteiger partial charge in [0.05, 0.1) is 31.1 Å². The second-order valence-electron chi connectivity index (χ2n) is 6.01. The van der Waals surface area contributed by atoms with Gasteiger partial charge in [0.25, 0.3) is 5.91 Å².